The molecule has 218 valence electrons. The molecule has 7 saturated carbocycles. The van der Waals surface area contributed by atoms with Crippen LogP contribution < -0.4 is 0 Å². The summed E-state index contributed by atoms with van der Waals surface area (Å²) in [6.45, 7) is 7.41. The van der Waals surface area contributed by atoms with Crippen molar-refractivity contribution in [2.45, 2.75) is 159 Å². The molecule has 1 aliphatic heterocycles. The summed E-state index contributed by atoms with van der Waals surface area (Å²) >= 11 is 0. The first kappa shape index (κ1) is 26.3. The number of aliphatic hydroxyl groups is 2. The smallest absolute Gasteiger partial charge is 0.0930 e. The van der Waals surface area contributed by atoms with Crippen LogP contribution in [0.3, 0.4) is 0 Å². The van der Waals surface area contributed by atoms with Crippen molar-refractivity contribution in [1.29, 1.82) is 0 Å². The summed E-state index contributed by atoms with van der Waals surface area (Å²) in [5, 5.41) is 22.0. The fraction of sp³-hybridized carbons (Fsp3) is 0.944. The molecular formula is C36H56O3. The van der Waals surface area contributed by atoms with Gasteiger partial charge in [-0.1, -0.05) is 44.3 Å². The van der Waals surface area contributed by atoms with Crippen LogP contribution in [-0.4, -0.2) is 33.6 Å². The minimum Gasteiger partial charge on any atom is -0.393 e. The van der Waals surface area contributed by atoms with E-state index in [1.165, 1.54) is 96.3 Å². The molecule has 7 aliphatic carbocycles. The number of hydrogen-bond donors (Lipinski definition) is 2. The summed E-state index contributed by atoms with van der Waals surface area (Å²) in [5.41, 5.74) is 1.98. The molecule has 0 aromatic rings. The van der Waals surface area contributed by atoms with Gasteiger partial charge in [-0.15, -0.1) is 0 Å². The zero-order chi connectivity index (χ0) is 26.6. The third kappa shape index (κ3) is 3.97. The lowest BCUT2D eigenvalue weighted by Crippen LogP contribution is -2.58. The predicted octanol–water partition coefficient (Wildman–Crippen LogP) is 7.98. The summed E-state index contributed by atoms with van der Waals surface area (Å²) in [6, 6.07) is 0. The first-order valence-electron chi connectivity index (χ1n) is 17.5. The first-order chi connectivity index (χ1) is 18.7. The van der Waals surface area contributed by atoms with Gasteiger partial charge in [0.2, 0.25) is 0 Å². The van der Waals surface area contributed by atoms with Gasteiger partial charge in [0, 0.05) is 11.8 Å². The van der Waals surface area contributed by atoms with E-state index in [0.29, 0.717) is 35.7 Å². The van der Waals surface area contributed by atoms with E-state index in [1.54, 1.807) is 5.57 Å². The number of hydrogen-bond acceptors (Lipinski definition) is 3. The number of ether oxygens (including phenoxy) is 1. The minimum absolute atomic E-state index is 0.0866. The van der Waals surface area contributed by atoms with Gasteiger partial charge in [0.1, 0.15) is 0 Å². The van der Waals surface area contributed by atoms with Gasteiger partial charge >= 0.3 is 0 Å². The monoisotopic (exact) mass is 536 g/mol. The van der Waals surface area contributed by atoms with Crippen molar-refractivity contribution >= 4 is 0 Å². The maximum absolute atomic E-state index is 11.6. The molecule has 3 nitrogen and oxygen atoms in total. The Labute approximate surface area is 237 Å². The molecule has 0 bridgehead atoms. The van der Waals surface area contributed by atoms with Gasteiger partial charge in [0.25, 0.3) is 0 Å². The Morgan fingerprint density at radius 2 is 1.54 bits per heavy atom. The number of allylic oxidation sites excluding steroid dienone is 1. The fourth-order valence-corrected chi connectivity index (χ4v) is 13.5. The molecule has 8 rings (SSSR count). The second kappa shape index (κ2) is 9.06. The topological polar surface area (TPSA) is 53.0 Å². The Balaban J connectivity index is 1.03. The van der Waals surface area contributed by atoms with E-state index in [0.717, 1.165) is 49.4 Å². The molecule has 0 radical (unpaired) electrons. The molecule has 0 amide bonds. The Bertz CT molecular complexity index is 986. The first-order valence-corrected chi connectivity index (χ1v) is 17.5. The van der Waals surface area contributed by atoms with Crippen molar-refractivity contribution < 1.29 is 14.9 Å². The molecule has 0 aromatic heterocycles. The van der Waals surface area contributed by atoms with E-state index in [9.17, 15) is 10.2 Å². The molecule has 1 spiro atoms. The van der Waals surface area contributed by atoms with Gasteiger partial charge in [-0.2, -0.15) is 0 Å². The molecule has 8 aliphatic rings. The van der Waals surface area contributed by atoms with Crippen LogP contribution in [0, 0.1) is 52.3 Å². The molecule has 0 unspecified atom stereocenters. The van der Waals surface area contributed by atoms with E-state index >= 15 is 0 Å². The highest BCUT2D eigenvalue weighted by Crippen LogP contribution is 2.73. The lowest BCUT2D eigenvalue weighted by molar-refractivity contribution is -0.151. The number of aliphatic hydroxyl groups excluding tert-OH is 1. The van der Waals surface area contributed by atoms with E-state index in [2.05, 4.69) is 6.92 Å². The molecule has 8 fully saturated rings. The maximum Gasteiger partial charge on any atom is 0.0930 e. The van der Waals surface area contributed by atoms with Gasteiger partial charge in [0.15, 0.2) is 0 Å². The number of epoxide rings is 1. The lowest BCUT2D eigenvalue weighted by Gasteiger charge is -2.66. The molecule has 1 heterocycles. The van der Waals surface area contributed by atoms with E-state index < -0.39 is 5.60 Å². The zero-order valence-electron chi connectivity index (χ0n) is 24.8. The van der Waals surface area contributed by atoms with Crippen LogP contribution >= 0.6 is 0 Å². The molecule has 2 N–H and O–H groups in total. The third-order valence-corrected chi connectivity index (χ3v) is 15.1. The van der Waals surface area contributed by atoms with Gasteiger partial charge in [-0.25, -0.2) is 0 Å². The third-order valence-electron chi connectivity index (χ3n) is 15.1. The average molecular weight is 537 g/mol. The van der Waals surface area contributed by atoms with Crippen LogP contribution in [0.25, 0.3) is 0 Å². The highest BCUT2D eigenvalue weighted by molar-refractivity contribution is 5.26. The Hall–Kier alpha value is -0.380. The normalized spacial score (nSPS) is 57.4. The Morgan fingerprint density at radius 3 is 2.38 bits per heavy atom. The van der Waals surface area contributed by atoms with Gasteiger partial charge in [-0.3, -0.25) is 0 Å². The second-order valence-electron chi connectivity index (χ2n) is 17.0. The lowest BCUT2D eigenvalue weighted by atomic mass is 9.39. The SMILES string of the molecule is C=C1C[C@@]2(CC[C@H]([C@@H]3CC[C@H]4CC[C@H](O)C[C@]4(O)C3)C2)[C@@H]2O[C@]2(C)C[C@@H]2CCC[C@@]3(C4CCCCC4)C[C@H]1[C@@H]23. The van der Waals surface area contributed by atoms with Crippen molar-refractivity contribution in [3.05, 3.63) is 12.2 Å². The number of fused-ring (bicyclic) bond motifs is 3. The van der Waals surface area contributed by atoms with Crippen LogP contribution in [0.1, 0.15) is 135 Å². The van der Waals surface area contributed by atoms with E-state index in [4.69, 9.17) is 11.3 Å². The van der Waals surface area contributed by atoms with Crippen molar-refractivity contribution in [1.82, 2.24) is 0 Å². The maximum atomic E-state index is 11.6. The summed E-state index contributed by atoms with van der Waals surface area (Å²) in [7, 11) is 0. The average Bonchev–Trinajstić information content (AvgIpc) is 3.38. The summed E-state index contributed by atoms with van der Waals surface area (Å²) in [6.07, 6.45) is 25.6. The highest BCUT2D eigenvalue weighted by atomic mass is 16.6. The predicted molar refractivity (Wildman–Crippen MR) is 155 cm³/mol. The van der Waals surface area contributed by atoms with Crippen LogP contribution in [0.2, 0.25) is 0 Å². The van der Waals surface area contributed by atoms with Crippen LogP contribution in [0.5, 0.6) is 0 Å². The molecule has 3 heteroatoms. The largest absolute Gasteiger partial charge is 0.393 e. The van der Waals surface area contributed by atoms with Crippen molar-refractivity contribution in [3.8, 4) is 0 Å². The van der Waals surface area contributed by atoms with Gasteiger partial charge < -0.3 is 14.9 Å². The summed E-state index contributed by atoms with van der Waals surface area (Å²) < 4.78 is 6.88. The van der Waals surface area contributed by atoms with Gasteiger partial charge in [0.05, 0.1) is 23.4 Å². The molecule has 0 aromatic carbocycles. The van der Waals surface area contributed by atoms with E-state index in [-0.39, 0.29) is 17.1 Å². The van der Waals surface area contributed by atoms with Crippen LogP contribution in [0.15, 0.2) is 12.2 Å². The fourth-order valence-electron chi connectivity index (χ4n) is 13.5. The second-order valence-corrected chi connectivity index (χ2v) is 17.0. The van der Waals surface area contributed by atoms with E-state index in [1.807, 2.05) is 0 Å². The summed E-state index contributed by atoms with van der Waals surface area (Å²) in [4.78, 5) is 0. The number of rotatable bonds is 2. The molecular weight excluding hydrogens is 480 g/mol. The summed E-state index contributed by atoms with van der Waals surface area (Å²) in [5.74, 6) is 5.23. The van der Waals surface area contributed by atoms with Gasteiger partial charge in [-0.05, 0) is 144 Å². The standard InChI is InChI=1S/C36H56O3/c1-23-17-34(16-14-25(19-34)24-10-11-28-12-13-29(37)21-36(28,38)20-24)32-33(2,39-32)18-26-7-6-15-35(22-30(23)31(26)35)27-8-4-3-5-9-27/h24-32,37-38H,1,3-22H2,2H3/t24-,25+,26+,28+,29+,30-,31-,32-,33-,34-,35+,36-/m1/s1. The molecule has 1 saturated heterocycles. The quantitative estimate of drug-likeness (QED) is 0.278. The molecule has 12 atom stereocenters. The van der Waals surface area contributed by atoms with Crippen molar-refractivity contribution in [3.63, 3.8) is 0 Å². The van der Waals surface area contributed by atoms with Crippen LogP contribution in [-0.2, 0) is 4.74 Å². The minimum atomic E-state index is -0.618. The highest BCUT2D eigenvalue weighted by Gasteiger charge is 2.70. The molecule has 39 heavy (non-hydrogen) atoms. The Kier molecular flexibility index (Phi) is 6.10. The van der Waals surface area contributed by atoms with Crippen molar-refractivity contribution in [2.24, 2.45) is 52.3 Å². The van der Waals surface area contributed by atoms with Crippen LogP contribution in [0.4, 0.5) is 0 Å². The zero-order valence-corrected chi connectivity index (χ0v) is 24.8. The Morgan fingerprint density at radius 1 is 0.744 bits per heavy atom. The van der Waals surface area contributed by atoms with Crippen molar-refractivity contribution in [2.75, 3.05) is 0 Å².